The van der Waals surface area contributed by atoms with Gasteiger partial charge in [-0.3, -0.25) is 4.79 Å². The molecule has 6 heteroatoms. The Bertz CT molecular complexity index is 656. The van der Waals surface area contributed by atoms with E-state index in [2.05, 4.69) is 5.32 Å². The van der Waals surface area contributed by atoms with Gasteiger partial charge in [0.15, 0.2) is 0 Å². The number of benzene rings is 2. The molecule has 0 aliphatic rings. The van der Waals surface area contributed by atoms with Gasteiger partial charge in [-0.15, -0.1) is 0 Å². The summed E-state index contributed by atoms with van der Waals surface area (Å²) in [5.74, 6) is -1.47. The lowest BCUT2D eigenvalue weighted by atomic mass is 10.1. The minimum Gasteiger partial charge on any atom is -0.496 e. The topological polar surface area (TPSA) is 38.3 Å². The Morgan fingerprint density at radius 3 is 2.48 bits per heavy atom. The first kappa shape index (κ1) is 15.3. The second kappa shape index (κ2) is 6.54. The van der Waals surface area contributed by atoms with E-state index in [1.54, 1.807) is 12.1 Å². The first-order chi connectivity index (χ1) is 9.99. The van der Waals surface area contributed by atoms with Crippen molar-refractivity contribution in [1.29, 1.82) is 0 Å². The molecule has 110 valence electrons. The lowest BCUT2D eigenvalue weighted by Gasteiger charge is -2.10. The highest BCUT2D eigenvalue weighted by atomic mass is 35.5. The van der Waals surface area contributed by atoms with Crippen molar-refractivity contribution >= 4 is 17.5 Å². The first-order valence-electron chi connectivity index (χ1n) is 6.06. The molecule has 0 fully saturated rings. The molecule has 1 amide bonds. The van der Waals surface area contributed by atoms with E-state index in [1.807, 2.05) is 0 Å². The molecule has 2 aromatic rings. The van der Waals surface area contributed by atoms with Crippen LogP contribution in [0.1, 0.15) is 15.9 Å². The van der Waals surface area contributed by atoms with Crippen LogP contribution in [0.3, 0.4) is 0 Å². The molecule has 0 heterocycles. The van der Waals surface area contributed by atoms with Crippen molar-refractivity contribution < 1.29 is 18.3 Å². The second-order valence-corrected chi connectivity index (χ2v) is 4.74. The molecular formula is C15H12ClF2NO2. The summed E-state index contributed by atoms with van der Waals surface area (Å²) in [5, 5.41) is 2.95. The maximum atomic E-state index is 13.1. The maximum Gasteiger partial charge on any atom is 0.255 e. The third-order valence-corrected chi connectivity index (χ3v) is 3.02. The normalized spacial score (nSPS) is 10.3. The fourth-order valence-electron chi connectivity index (χ4n) is 1.85. The zero-order valence-electron chi connectivity index (χ0n) is 11.1. The standard InChI is InChI=1S/C15H12ClF2NO2/c1-21-14-3-2-10(16)6-13(14)15(20)19-8-9-4-11(17)7-12(18)5-9/h2-7H,8H2,1H3,(H,19,20). The van der Waals surface area contributed by atoms with Crippen LogP contribution < -0.4 is 10.1 Å². The smallest absolute Gasteiger partial charge is 0.255 e. The number of amides is 1. The number of ether oxygens (including phenoxy) is 1. The SMILES string of the molecule is COc1ccc(Cl)cc1C(=O)NCc1cc(F)cc(F)c1. The van der Waals surface area contributed by atoms with Crippen molar-refractivity contribution in [1.82, 2.24) is 5.32 Å². The van der Waals surface area contributed by atoms with Gasteiger partial charge in [0.2, 0.25) is 0 Å². The molecule has 21 heavy (non-hydrogen) atoms. The Balaban J connectivity index is 2.13. The summed E-state index contributed by atoms with van der Waals surface area (Å²) in [6.07, 6.45) is 0. The molecule has 0 bridgehead atoms. The summed E-state index contributed by atoms with van der Waals surface area (Å²) in [6.45, 7) is -0.0107. The summed E-state index contributed by atoms with van der Waals surface area (Å²) in [7, 11) is 1.43. The molecular weight excluding hydrogens is 300 g/mol. The molecule has 0 spiro atoms. The van der Waals surface area contributed by atoms with E-state index in [9.17, 15) is 13.6 Å². The molecule has 0 aromatic heterocycles. The largest absolute Gasteiger partial charge is 0.496 e. The van der Waals surface area contributed by atoms with Gasteiger partial charge in [0.1, 0.15) is 17.4 Å². The Morgan fingerprint density at radius 2 is 1.86 bits per heavy atom. The zero-order valence-corrected chi connectivity index (χ0v) is 11.9. The molecule has 2 aromatic carbocycles. The molecule has 0 aliphatic carbocycles. The number of hydrogen-bond donors (Lipinski definition) is 1. The van der Waals surface area contributed by atoms with Gasteiger partial charge in [-0.25, -0.2) is 8.78 Å². The highest BCUT2D eigenvalue weighted by molar-refractivity contribution is 6.31. The average molecular weight is 312 g/mol. The van der Waals surface area contributed by atoms with E-state index in [0.29, 0.717) is 16.3 Å². The summed E-state index contributed by atoms with van der Waals surface area (Å²) < 4.78 is 31.2. The number of hydrogen-bond acceptors (Lipinski definition) is 2. The molecule has 2 rings (SSSR count). The highest BCUT2D eigenvalue weighted by Gasteiger charge is 2.13. The van der Waals surface area contributed by atoms with Crippen molar-refractivity contribution in [2.75, 3.05) is 7.11 Å². The van der Waals surface area contributed by atoms with Crippen LogP contribution in [0.2, 0.25) is 5.02 Å². The van der Waals surface area contributed by atoms with Crippen molar-refractivity contribution in [3.63, 3.8) is 0 Å². The number of nitrogens with one attached hydrogen (secondary N) is 1. The summed E-state index contributed by atoms with van der Waals surface area (Å²) in [5.41, 5.74) is 0.573. The number of rotatable bonds is 4. The lowest BCUT2D eigenvalue weighted by Crippen LogP contribution is -2.23. The Labute approximate surface area is 125 Å². The molecule has 0 aliphatic heterocycles. The van der Waals surface area contributed by atoms with E-state index >= 15 is 0 Å². The third kappa shape index (κ3) is 3.92. The van der Waals surface area contributed by atoms with Crippen LogP contribution in [0.15, 0.2) is 36.4 Å². The number of carbonyl (C=O) groups is 1. The fourth-order valence-corrected chi connectivity index (χ4v) is 2.02. The summed E-state index contributed by atoms with van der Waals surface area (Å²) in [4.78, 5) is 12.1. The second-order valence-electron chi connectivity index (χ2n) is 4.30. The van der Waals surface area contributed by atoms with Gasteiger partial charge < -0.3 is 10.1 Å². The van der Waals surface area contributed by atoms with Crippen molar-refractivity contribution in [2.24, 2.45) is 0 Å². The van der Waals surface area contributed by atoms with Gasteiger partial charge in [-0.05, 0) is 35.9 Å². The van der Waals surface area contributed by atoms with Gasteiger partial charge in [0, 0.05) is 17.6 Å². The van der Waals surface area contributed by atoms with E-state index < -0.39 is 17.5 Å². The number of methoxy groups -OCH3 is 1. The number of halogens is 3. The first-order valence-corrected chi connectivity index (χ1v) is 6.44. The minimum absolute atomic E-state index is 0.0107. The van der Waals surface area contributed by atoms with E-state index in [0.717, 1.165) is 18.2 Å². The van der Waals surface area contributed by atoms with Crippen LogP contribution in [0.5, 0.6) is 5.75 Å². The lowest BCUT2D eigenvalue weighted by molar-refractivity contribution is 0.0947. The summed E-state index contributed by atoms with van der Waals surface area (Å²) >= 11 is 5.84. The molecule has 1 N–H and O–H groups in total. The Kier molecular flexibility index (Phi) is 4.75. The van der Waals surface area contributed by atoms with Gasteiger partial charge >= 0.3 is 0 Å². The van der Waals surface area contributed by atoms with Gasteiger partial charge in [-0.1, -0.05) is 11.6 Å². The van der Waals surface area contributed by atoms with Crippen LogP contribution in [0, 0.1) is 11.6 Å². The third-order valence-electron chi connectivity index (χ3n) is 2.78. The Hall–Kier alpha value is -2.14. The quantitative estimate of drug-likeness (QED) is 0.937. The summed E-state index contributed by atoms with van der Waals surface area (Å²) in [6, 6.07) is 7.70. The van der Waals surface area contributed by atoms with Crippen LogP contribution in [-0.2, 0) is 6.54 Å². The van der Waals surface area contributed by atoms with Crippen molar-refractivity contribution in [3.8, 4) is 5.75 Å². The predicted octanol–water partition coefficient (Wildman–Crippen LogP) is 3.56. The highest BCUT2D eigenvalue weighted by Crippen LogP contribution is 2.22. The van der Waals surface area contributed by atoms with Crippen LogP contribution in [0.25, 0.3) is 0 Å². The average Bonchev–Trinajstić information content (AvgIpc) is 2.43. The molecule has 0 saturated heterocycles. The molecule has 0 atom stereocenters. The van der Waals surface area contributed by atoms with Crippen LogP contribution in [0.4, 0.5) is 8.78 Å². The van der Waals surface area contributed by atoms with E-state index in [4.69, 9.17) is 16.3 Å². The molecule has 3 nitrogen and oxygen atoms in total. The molecule has 0 saturated carbocycles. The van der Waals surface area contributed by atoms with Crippen molar-refractivity contribution in [3.05, 3.63) is 64.2 Å². The monoisotopic (exact) mass is 311 g/mol. The van der Waals surface area contributed by atoms with Gasteiger partial charge in [-0.2, -0.15) is 0 Å². The predicted molar refractivity (Wildman–Crippen MR) is 75.5 cm³/mol. The van der Waals surface area contributed by atoms with Crippen molar-refractivity contribution in [2.45, 2.75) is 6.54 Å². The minimum atomic E-state index is -0.695. The van der Waals surface area contributed by atoms with Gasteiger partial charge in [0.25, 0.3) is 5.91 Å². The molecule has 0 radical (unpaired) electrons. The van der Waals surface area contributed by atoms with Crippen LogP contribution in [-0.4, -0.2) is 13.0 Å². The Morgan fingerprint density at radius 1 is 1.19 bits per heavy atom. The van der Waals surface area contributed by atoms with Gasteiger partial charge in [0.05, 0.1) is 12.7 Å². The van der Waals surface area contributed by atoms with E-state index in [1.165, 1.54) is 13.2 Å². The van der Waals surface area contributed by atoms with Crippen LogP contribution >= 0.6 is 11.6 Å². The maximum absolute atomic E-state index is 13.1. The molecule has 0 unspecified atom stereocenters. The fraction of sp³-hybridized carbons (Fsp3) is 0.133. The van der Waals surface area contributed by atoms with E-state index in [-0.39, 0.29) is 12.1 Å². The zero-order chi connectivity index (χ0) is 15.4. The number of carbonyl (C=O) groups excluding carboxylic acids is 1.